The number of amides is 2. The highest BCUT2D eigenvalue weighted by molar-refractivity contribution is 7.90. The molecule has 1 saturated heterocycles. The van der Waals surface area contributed by atoms with Crippen molar-refractivity contribution in [3.8, 4) is 0 Å². The summed E-state index contributed by atoms with van der Waals surface area (Å²) in [6.07, 6.45) is 0.992. The van der Waals surface area contributed by atoms with Gasteiger partial charge in [-0.25, -0.2) is 13.2 Å². The number of ether oxygens (including phenoxy) is 2. The van der Waals surface area contributed by atoms with Crippen molar-refractivity contribution in [1.82, 2.24) is 5.32 Å². The highest BCUT2D eigenvalue weighted by Crippen LogP contribution is 2.13. The Morgan fingerprint density at radius 1 is 1.29 bits per heavy atom. The standard InChI is InChI=1S/C13H18N2O5S/c1-21(17,18)12-4-2-10(3-5-12)15-13(16)14-8-11-9-19-6-7-20-11/h2-5,11H,6-9H2,1H3,(H2,14,15,16). The SMILES string of the molecule is CS(=O)(=O)c1ccc(NC(=O)NCC2COCCO2)cc1. The van der Waals surface area contributed by atoms with Crippen molar-refractivity contribution < 1.29 is 22.7 Å². The summed E-state index contributed by atoms with van der Waals surface area (Å²) in [6.45, 7) is 1.92. The Bertz CT molecular complexity index is 579. The molecule has 8 heteroatoms. The van der Waals surface area contributed by atoms with E-state index in [1.807, 2.05) is 0 Å². The summed E-state index contributed by atoms with van der Waals surface area (Å²) in [6, 6.07) is 5.59. The average Bonchev–Trinajstić information content (AvgIpc) is 2.46. The van der Waals surface area contributed by atoms with Crippen molar-refractivity contribution in [2.24, 2.45) is 0 Å². The van der Waals surface area contributed by atoms with Gasteiger partial charge >= 0.3 is 6.03 Å². The maximum absolute atomic E-state index is 11.7. The summed E-state index contributed by atoms with van der Waals surface area (Å²) in [7, 11) is -3.23. The molecule has 2 N–H and O–H groups in total. The van der Waals surface area contributed by atoms with E-state index in [-0.39, 0.29) is 17.0 Å². The Kier molecular flexibility index (Phi) is 5.16. The van der Waals surface area contributed by atoms with Crippen LogP contribution in [0.1, 0.15) is 0 Å². The lowest BCUT2D eigenvalue weighted by Gasteiger charge is -2.23. The molecule has 21 heavy (non-hydrogen) atoms. The second-order valence-electron chi connectivity index (χ2n) is 4.70. The number of rotatable bonds is 4. The zero-order valence-corrected chi connectivity index (χ0v) is 12.5. The number of urea groups is 1. The molecule has 0 aromatic heterocycles. The van der Waals surface area contributed by atoms with E-state index in [0.29, 0.717) is 32.1 Å². The molecule has 0 aliphatic carbocycles. The van der Waals surface area contributed by atoms with Crippen LogP contribution in [0.3, 0.4) is 0 Å². The first kappa shape index (κ1) is 15.7. The summed E-state index contributed by atoms with van der Waals surface area (Å²) < 4.78 is 33.3. The molecule has 1 heterocycles. The van der Waals surface area contributed by atoms with Gasteiger partial charge in [-0.2, -0.15) is 0 Å². The zero-order chi connectivity index (χ0) is 15.3. The van der Waals surface area contributed by atoms with Crippen LogP contribution < -0.4 is 10.6 Å². The summed E-state index contributed by atoms with van der Waals surface area (Å²) in [5, 5.41) is 5.29. The van der Waals surface area contributed by atoms with Crippen molar-refractivity contribution in [3.05, 3.63) is 24.3 Å². The molecule has 0 radical (unpaired) electrons. The Hall–Kier alpha value is -1.64. The van der Waals surface area contributed by atoms with E-state index in [9.17, 15) is 13.2 Å². The van der Waals surface area contributed by atoms with Gasteiger partial charge in [0.1, 0.15) is 0 Å². The molecule has 2 rings (SSSR count). The fourth-order valence-corrected chi connectivity index (χ4v) is 2.45. The molecule has 1 atom stereocenters. The van der Waals surface area contributed by atoms with Gasteiger partial charge in [-0.3, -0.25) is 0 Å². The fraction of sp³-hybridized carbons (Fsp3) is 0.462. The van der Waals surface area contributed by atoms with Crippen LogP contribution in [0.5, 0.6) is 0 Å². The fourth-order valence-electron chi connectivity index (χ4n) is 1.82. The Morgan fingerprint density at radius 2 is 2.00 bits per heavy atom. The van der Waals surface area contributed by atoms with Crippen molar-refractivity contribution in [1.29, 1.82) is 0 Å². The molecule has 1 aliphatic heterocycles. The first-order valence-corrected chi connectivity index (χ1v) is 8.38. The van der Waals surface area contributed by atoms with Gasteiger partial charge in [0.15, 0.2) is 9.84 Å². The van der Waals surface area contributed by atoms with Gasteiger partial charge in [-0.1, -0.05) is 0 Å². The number of carbonyl (C=O) groups is 1. The van der Waals surface area contributed by atoms with E-state index < -0.39 is 9.84 Å². The summed E-state index contributed by atoms with van der Waals surface area (Å²) in [5.74, 6) is 0. The number of anilines is 1. The number of nitrogens with one attached hydrogen (secondary N) is 2. The minimum atomic E-state index is -3.23. The van der Waals surface area contributed by atoms with E-state index in [2.05, 4.69) is 10.6 Å². The predicted octanol–water partition coefficient (Wildman–Crippen LogP) is 0.627. The van der Waals surface area contributed by atoms with E-state index in [1.54, 1.807) is 0 Å². The third-order valence-corrected chi connectivity index (χ3v) is 4.04. The van der Waals surface area contributed by atoms with E-state index in [0.717, 1.165) is 6.26 Å². The highest BCUT2D eigenvalue weighted by atomic mass is 32.2. The molecular weight excluding hydrogens is 296 g/mol. The largest absolute Gasteiger partial charge is 0.376 e. The molecule has 2 amide bonds. The van der Waals surface area contributed by atoms with E-state index >= 15 is 0 Å². The van der Waals surface area contributed by atoms with Crippen LogP contribution in [0.15, 0.2) is 29.2 Å². The quantitative estimate of drug-likeness (QED) is 0.850. The van der Waals surface area contributed by atoms with Gasteiger partial charge in [0.2, 0.25) is 0 Å². The molecule has 1 aliphatic rings. The van der Waals surface area contributed by atoms with Crippen LogP contribution in [0.2, 0.25) is 0 Å². The molecular formula is C13H18N2O5S. The van der Waals surface area contributed by atoms with Crippen molar-refractivity contribution in [2.45, 2.75) is 11.0 Å². The molecule has 1 aromatic rings. The minimum Gasteiger partial charge on any atom is -0.376 e. The van der Waals surface area contributed by atoms with Crippen LogP contribution in [-0.2, 0) is 19.3 Å². The second-order valence-corrected chi connectivity index (χ2v) is 6.72. The highest BCUT2D eigenvalue weighted by Gasteiger charge is 2.15. The Morgan fingerprint density at radius 3 is 2.57 bits per heavy atom. The van der Waals surface area contributed by atoms with Crippen LogP contribution in [0.4, 0.5) is 10.5 Å². The molecule has 0 saturated carbocycles. The van der Waals surface area contributed by atoms with Gasteiger partial charge < -0.3 is 20.1 Å². The van der Waals surface area contributed by atoms with Crippen LogP contribution >= 0.6 is 0 Å². The van der Waals surface area contributed by atoms with Gasteiger partial charge in [-0.05, 0) is 24.3 Å². The number of benzene rings is 1. The minimum absolute atomic E-state index is 0.142. The van der Waals surface area contributed by atoms with Crippen LogP contribution in [0.25, 0.3) is 0 Å². The number of carbonyl (C=O) groups excluding carboxylic acids is 1. The number of hydrogen-bond acceptors (Lipinski definition) is 5. The molecule has 0 spiro atoms. The lowest BCUT2D eigenvalue weighted by atomic mass is 10.3. The maximum atomic E-state index is 11.7. The molecule has 1 unspecified atom stereocenters. The average molecular weight is 314 g/mol. The van der Waals surface area contributed by atoms with E-state index in [4.69, 9.17) is 9.47 Å². The normalized spacial score (nSPS) is 19.0. The smallest absolute Gasteiger partial charge is 0.319 e. The van der Waals surface area contributed by atoms with Gasteiger partial charge in [-0.15, -0.1) is 0 Å². The third-order valence-electron chi connectivity index (χ3n) is 2.92. The summed E-state index contributed by atoms with van der Waals surface area (Å²) >= 11 is 0. The molecule has 1 fully saturated rings. The topological polar surface area (TPSA) is 93.7 Å². The van der Waals surface area contributed by atoms with Crippen LogP contribution in [0, 0.1) is 0 Å². The Balaban J connectivity index is 1.82. The van der Waals surface area contributed by atoms with Gasteiger partial charge in [0.25, 0.3) is 0 Å². The first-order valence-electron chi connectivity index (χ1n) is 6.49. The maximum Gasteiger partial charge on any atom is 0.319 e. The second kappa shape index (κ2) is 6.88. The Labute approximate surface area is 123 Å². The van der Waals surface area contributed by atoms with Gasteiger partial charge in [0, 0.05) is 18.5 Å². The lowest BCUT2D eigenvalue weighted by Crippen LogP contribution is -2.41. The molecule has 116 valence electrons. The van der Waals surface area contributed by atoms with Crippen molar-refractivity contribution in [3.63, 3.8) is 0 Å². The van der Waals surface area contributed by atoms with Crippen LogP contribution in [-0.4, -0.2) is 53.2 Å². The summed E-state index contributed by atoms with van der Waals surface area (Å²) in [5.41, 5.74) is 0.515. The zero-order valence-electron chi connectivity index (χ0n) is 11.7. The van der Waals surface area contributed by atoms with Crippen molar-refractivity contribution in [2.75, 3.05) is 37.9 Å². The number of hydrogen-bond donors (Lipinski definition) is 2. The van der Waals surface area contributed by atoms with E-state index in [1.165, 1.54) is 24.3 Å². The summed E-state index contributed by atoms with van der Waals surface area (Å²) in [4.78, 5) is 11.9. The van der Waals surface area contributed by atoms with Gasteiger partial charge in [0.05, 0.1) is 30.8 Å². The lowest BCUT2D eigenvalue weighted by molar-refractivity contribution is -0.0852. The monoisotopic (exact) mass is 314 g/mol. The molecule has 0 bridgehead atoms. The first-order chi connectivity index (χ1) is 9.95. The third kappa shape index (κ3) is 5.00. The number of sulfone groups is 1. The predicted molar refractivity (Wildman–Crippen MR) is 77.1 cm³/mol. The molecule has 7 nitrogen and oxygen atoms in total. The van der Waals surface area contributed by atoms with Crippen molar-refractivity contribution >= 4 is 21.6 Å². The molecule has 1 aromatic carbocycles.